The number of likely N-dealkylation sites (tertiary alicyclic amines) is 1. The quantitative estimate of drug-likeness (QED) is 0.900. The fourth-order valence-corrected chi connectivity index (χ4v) is 3.24. The third-order valence-electron chi connectivity index (χ3n) is 4.35. The first-order chi connectivity index (χ1) is 11.6. The molecule has 1 aromatic heterocycles. The number of benzene rings is 1. The lowest BCUT2D eigenvalue weighted by Gasteiger charge is -2.35. The van der Waals surface area contributed by atoms with Crippen molar-refractivity contribution < 1.29 is 19.2 Å². The summed E-state index contributed by atoms with van der Waals surface area (Å²) in [5.74, 6) is 1.04. The van der Waals surface area contributed by atoms with E-state index in [1.165, 1.54) is 0 Å². The van der Waals surface area contributed by atoms with E-state index in [0.29, 0.717) is 29.6 Å². The van der Waals surface area contributed by atoms with Crippen LogP contribution in [-0.2, 0) is 4.79 Å². The number of carboxylic acid groups (broad SMARTS) is 1. The van der Waals surface area contributed by atoms with Gasteiger partial charge in [-0.2, -0.15) is 4.98 Å². The largest absolute Gasteiger partial charge is 0.497 e. The van der Waals surface area contributed by atoms with Crippen LogP contribution in [-0.4, -0.2) is 46.3 Å². The number of hydrogen-bond donors (Lipinski definition) is 1. The van der Waals surface area contributed by atoms with Crippen molar-refractivity contribution in [2.75, 3.05) is 20.2 Å². The van der Waals surface area contributed by atoms with Gasteiger partial charge in [0.05, 0.1) is 13.0 Å². The second-order valence-electron chi connectivity index (χ2n) is 6.03. The predicted octanol–water partition coefficient (Wildman–Crippen LogP) is 2.39. The zero-order chi connectivity index (χ0) is 17.1. The third kappa shape index (κ3) is 3.41. The number of aryl methyl sites for hydroxylation is 1. The van der Waals surface area contributed by atoms with E-state index in [-0.39, 0.29) is 5.92 Å². The van der Waals surface area contributed by atoms with Crippen molar-refractivity contribution in [1.82, 2.24) is 15.0 Å². The molecule has 1 aliphatic rings. The number of aromatic nitrogens is 2. The van der Waals surface area contributed by atoms with Gasteiger partial charge in [-0.1, -0.05) is 17.3 Å². The summed E-state index contributed by atoms with van der Waals surface area (Å²) in [6, 6.07) is 6.50. The van der Waals surface area contributed by atoms with Crippen molar-refractivity contribution in [2.24, 2.45) is 0 Å². The summed E-state index contributed by atoms with van der Waals surface area (Å²) in [5, 5.41) is 13.6. The summed E-state index contributed by atoms with van der Waals surface area (Å²) in [4.78, 5) is 18.2. The molecule has 1 aromatic carbocycles. The van der Waals surface area contributed by atoms with Crippen LogP contribution in [0, 0.1) is 6.92 Å². The number of nitrogens with zero attached hydrogens (tertiary/aromatic N) is 3. The number of ether oxygens (including phenoxy) is 1. The van der Waals surface area contributed by atoms with Crippen molar-refractivity contribution in [2.45, 2.75) is 31.7 Å². The predicted molar refractivity (Wildman–Crippen MR) is 86.0 cm³/mol. The van der Waals surface area contributed by atoms with Crippen LogP contribution in [0.15, 0.2) is 28.8 Å². The Balaban J connectivity index is 1.84. The Morgan fingerprint density at radius 1 is 1.50 bits per heavy atom. The second-order valence-corrected chi connectivity index (χ2v) is 6.03. The molecule has 3 rings (SSSR count). The molecule has 2 unspecified atom stereocenters. The van der Waals surface area contributed by atoms with E-state index in [2.05, 4.69) is 10.1 Å². The molecular formula is C17H21N3O4. The SMILES string of the molecule is COc1cccc(C(C(=O)O)N2CCCC(c3nc(C)no3)C2)c1. The Morgan fingerprint density at radius 2 is 2.33 bits per heavy atom. The molecule has 0 saturated carbocycles. The maximum Gasteiger partial charge on any atom is 0.325 e. The fraction of sp³-hybridized carbons (Fsp3) is 0.471. The summed E-state index contributed by atoms with van der Waals surface area (Å²) in [6.07, 6.45) is 1.81. The third-order valence-corrected chi connectivity index (χ3v) is 4.35. The van der Waals surface area contributed by atoms with Crippen LogP contribution >= 0.6 is 0 Å². The number of rotatable bonds is 5. The molecule has 7 heteroatoms. The molecule has 1 aliphatic heterocycles. The summed E-state index contributed by atoms with van der Waals surface area (Å²) in [5.41, 5.74) is 0.712. The molecule has 1 N–H and O–H groups in total. The zero-order valence-corrected chi connectivity index (χ0v) is 13.8. The lowest BCUT2D eigenvalue weighted by molar-refractivity contribution is -0.144. The first kappa shape index (κ1) is 16.4. The molecule has 0 radical (unpaired) electrons. The Morgan fingerprint density at radius 3 is 3.00 bits per heavy atom. The molecule has 0 amide bonds. The van der Waals surface area contributed by atoms with E-state index < -0.39 is 12.0 Å². The van der Waals surface area contributed by atoms with Crippen LogP contribution < -0.4 is 4.74 Å². The number of methoxy groups -OCH3 is 1. The molecule has 0 bridgehead atoms. The van der Waals surface area contributed by atoms with Crippen LogP contribution in [0.1, 0.15) is 42.1 Å². The average Bonchev–Trinajstić information content (AvgIpc) is 3.02. The van der Waals surface area contributed by atoms with Crippen LogP contribution in [0.4, 0.5) is 0 Å². The van der Waals surface area contributed by atoms with Gasteiger partial charge in [0.2, 0.25) is 5.89 Å². The summed E-state index contributed by atoms with van der Waals surface area (Å²) < 4.78 is 10.5. The minimum Gasteiger partial charge on any atom is -0.497 e. The van der Waals surface area contributed by atoms with E-state index in [0.717, 1.165) is 19.4 Å². The van der Waals surface area contributed by atoms with Crippen molar-refractivity contribution >= 4 is 5.97 Å². The van der Waals surface area contributed by atoms with Crippen molar-refractivity contribution in [3.8, 4) is 5.75 Å². The lowest BCUT2D eigenvalue weighted by atomic mass is 9.94. The van der Waals surface area contributed by atoms with Crippen molar-refractivity contribution in [3.05, 3.63) is 41.5 Å². The molecule has 1 fully saturated rings. The van der Waals surface area contributed by atoms with Crippen molar-refractivity contribution in [1.29, 1.82) is 0 Å². The molecular weight excluding hydrogens is 310 g/mol. The fourth-order valence-electron chi connectivity index (χ4n) is 3.24. The van der Waals surface area contributed by atoms with Gasteiger partial charge in [0.1, 0.15) is 11.8 Å². The minimum atomic E-state index is -0.870. The van der Waals surface area contributed by atoms with E-state index in [1.807, 2.05) is 23.1 Å². The first-order valence-corrected chi connectivity index (χ1v) is 7.99. The number of piperidine rings is 1. The number of aliphatic carboxylic acids is 1. The lowest BCUT2D eigenvalue weighted by Crippen LogP contribution is -2.40. The highest BCUT2D eigenvalue weighted by Crippen LogP contribution is 2.32. The van der Waals surface area contributed by atoms with E-state index >= 15 is 0 Å². The summed E-state index contributed by atoms with van der Waals surface area (Å²) in [7, 11) is 1.57. The van der Waals surface area contributed by atoms with Crippen LogP contribution in [0.3, 0.4) is 0 Å². The Bertz CT molecular complexity index is 715. The molecule has 2 aromatic rings. The summed E-state index contributed by atoms with van der Waals surface area (Å²) >= 11 is 0. The summed E-state index contributed by atoms with van der Waals surface area (Å²) in [6.45, 7) is 3.08. The average molecular weight is 331 g/mol. The molecule has 2 heterocycles. The molecule has 128 valence electrons. The monoisotopic (exact) mass is 331 g/mol. The van der Waals surface area contributed by atoms with E-state index in [4.69, 9.17) is 9.26 Å². The van der Waals surface area contributed by atoms with E-state index in [9.17, 15) is 9.90 Å². The van der Waals surface area contributed by atoms with Gasteiger partial charge in [-0.25, -0.2) is 0 Å². The second kappa shape index (κ2) is 7.00. The normalized spacial score (nSPS) is 19.8. The van der Waals surface area contributed by atoms with Gasteiger partial charge in [0.25, 0.3) is 0 Å². The minimum absolute atomic E-state index is 0.0624. The highest BCUT2D eigenvalue weighted by Gasteiger charge is 2.34. The Labute approximate surface area is 140 Å². The van der Waals surface area contributed by atoms with Gasteiger partial charge >= 0.3 is 5.97 Å². The maximum absolute atomic E-state index is 11.9. The Hall–Kier alpha value is -2.41. The van der Waals surface area contributed by atoms with Gasteiger partial charge in [-0.15, -0.1) is 0 Å². The number of carbonyl (C=O) groups is 1. The molecule has 0 aliphatic carbocycles. The van der Waals surface area contributed by atoms with Gasteiger partial charge < -0.3 is 14.4 Å². The molecule has 7 nitrogen and oxygen atoms in total. The van der Waals surface area contributed by atoms with Gasteiger partial charge in [0.15, 0.2) is 5.82 Å². The first-order valence-electron chi connectivity index (χ1n) is 7.99. The topological polar surface area (TPSA) is 88.7 Å². The molecule has 24 heavy (non-hydrogen) atoms. The standard InChI is InChI=1S/C17H21N3O4/c1-11-18-16(24-19-11)13-6-4-8-20(10-13)15(17(21)22)12-5-3-7-14(9-12)23-2/h3,5,7,9,13,15H,4,6,8,10H2,1-2H3,(H,21,22). The molecule has 0 spiro atoms. The smallest absolute Gasteiger partial charge is 0.325 e. The highest BCUT2D eigenvalue weighted by molar-refractivity contribution is 5.75. The van der Waals surface area contributed by atoms with E-state index in [1.54, 1.807) is 20.1 Å². The van der Waals surface area contributed by atoms with Gasteiger partial charge in [0, 0.05) is 6.54 Å². The number of carboxylic acids is 1. The van der Waals surface area contributed by atoms with Crippen LogP contribution in [0.25, 0.3) is 0 Å². The van der Waals surface area contributed by atoms with Gasteiger partial charge in [-0.05, 0) is 44.0 Å². The number of hydrogen-bond acceptors (Lipinski definition) is 6. The van der Waals surface area contributed by atoms with Crippen LogP contribution in [0.2, 0.25) is 0 Å². The molecule has 1 saturated heterocycles. The van der Waals surface area contributed by atoms with Crippen LogP contribution in [0.5, 0.6) is 5.75 Å². The zero-order valence-electron chi connectivity index (χ0n) is 13.8. The van der Waals surface area contributed by atoms with Gasteiger partial charge in [-0.3, -0.25) is 9.69 Å². The van der Waals surface area contributed by atoms with Crippen molar-refractivity contribution in [3.63, 3.8) is 0 Å². The maximum atomic E-state index is 11.9. The Kier molecular flexibility index (Phi) is 4.80. The highest BCUT2D eigenvalue weighted by atomic mass is 16.5. The molecule has 2 atom stereocenters.